The van der Waals surface area contributed by atoms with Crippen molar-refractivity contribution in [2.75, 3.05) is 6.54 Å². The van der Waals surface area contributed by atoms with E-state index in [1.807, 2.05) is 6.07 Å². The first-order valence-electron chi connectivity index (χ1n) is 6.68. The standard InChI is InChI=1S/C15H18FNO/c1-2-6-15(7-3-8-17-15)14-10-11-9-12(16)4-5-13(11)18-14/h4-5,9-10,17H,2-3,6-8H2,1H3. The zero-order valence-electron chi connectivity index (χ0n) is 10.6. The van der Waals surface area contributed by atoms with Crippen molar-refractivity contribution in [3.63, 3.8) is 0 Å². The SMILES string of the molecule is CCCC1(c2cc3cc(F)ccc3o2)CCCN1. The molecule has 1 aliphatic heterocycles. The van der Waals surface area contributed by atoms with Gasteiger partial charge in [-0.05, 0) is 50.1 Å². The number of rotatable bonds is 3. The summed E-state index contributed by atoms with van der Waals surface area (Å²) in [4.78, 5) is 0. The van der Waals surface area contributed by atoms with Crippen molar-refractivity contribution in [1.29, 1.82) is 0 Å². The summed E-state index contributed by atoms with van der Waals surface area (Å²) in [6.45, 7) is 3.22. The van der Waals surface area contributed by atoms with Crippen LogP contribution in [0.1, 0.15) is 38.4 Å². The highest BCUT2D eigenvalue weighted by atomic mass is 19.1. The Morgan fingerprint density at radius 1 is 1.39 bits per heavy atom. The van der Waals surface area contributed by atoms with Crippen molar-refractivity contribution in [1.82, 2.24) is 5.32 Å². The molecule has 0 amide bonds. The third kappa shape index (κ3) is 1.83. The first-order valence-corrected chi connectivity index (χ1v) is 6.68. The van der Waals surface area contributed by atoms with Gasteiger partial charge >= 0.3 is 0 Å². The van der Waals surface area contributed by atoms with Crippen LogP contribution < -0.4 is 5.32 Å². The van der Waals surface area contributed by atoms with Gasteiger partial charge in [-0.3, -0.25) is 0 Å². The molecule has 18 heavy (non-hydrogen) atoms. The molecule has 3 rings (SSSR count). The van der Waals surface area contributed by atoms with Crippen molar-refractivity contribution in [3.8, 4) is 0 Å². The molecule has 3 heteroatoms. The Morgan fingerprint density at radius 3 is 3.00 bits per heavy atom. The minimum absolute atomic E-state index is 0.0375. The van der Waals surface area contributed by atoms with E-state index < -0.39 is 0 Å². The number of nitrogens with one attached hydrogen (secondary N) is 1. The predicted octanol–water partition coefficient (Wildman–Crippen LogP) is 3.95. The lowest BCUT2D eigenvalue weighted by Gasteiger charge is -2.26. The molecule has 1 unspecified atom stereocenters. The van der Waals surface area contributed by atoms with Gasteiger partial charge in [-0.25, -0.2) is 4.39 Å². The largest absolute Gasteiger partial charge is 0.459 e. The van der Waals surface area contributed by atoms with Gasteiger partial charge in [0, 0.05) is 5.39 Å². The first kappa shape index (κ1) is 11.7. The molecule has 1 aliphatic rings. The summed E-state index contributed by atoms with van der Waals surface area (Å²) in [6, 6.07) is 6.69. The molecule has 1 N–H and O–H groups in total. The van der Waals surface area contributed by atoms with Crippen molar-refractivity contribution in [2.24, 2.45) is 0 Å². The van der Waals surface area contributed by atoms with Gasteiger partial charge in [0.1, 0.15) is 17.2 Å². The fraction of sp³-hybridized carbons (Fsp3) is 0.467. The van der Waals surface area contributed by atoms with E-state index in [1.54, 1.807) is 6.07 Å². The predicted molar refractivity (Wildman–Crippen MR) is 70.0 cm³/mol. The monoisotopic (exact) mass is 247 g/mol. The van der Waals surface area contributed by atoms with E-state index in [9.17, 15) is 4.39 Å². The maximum Gasteiger partial charge on any atom is 0.134 e. The number of halogens is 1. The number of fused-ring (bicyclic) bond motifs is 1. The van der Waals surface area contributed by atoms with Crippen LogP contribution >= 0.6 is 0 Å². The van der Waals surface area contributed by atoms with Crippen LogP contribution in [0.3, 0.4) is 0 Å². The molecule has 2 heterocycles. The summed E-state index contributed by atoms with van der Waals surface area (Å²) in [5, 5.41) is 4.43. The number of hydrogen-bond acceptors (Lipinski definition) is 2. The molecular formula is C15H18FNO. The number of benzene rings is 1. The van der Waals surface area contributed by atoms with E-state index in [-0.39, 0.29) is 11.4 Å². The summed E-state index contributed by atoms with van der Waals surface area (Å²) in [6.07, 6.45) is 4.45. The topological polar surface area (TPSA) is 25.2 Å². The van der Waals surface area contributed by atoms with Gasteiger partial charge in [-0.15, -0.1) is 0 Å². The van der Waals surface area contributed by atoms with Crippen LogP contribution in [0.25, 0.3) is 11.0 Å². The van der Waals surface area contributed by atoms with Crippen LogP contribution in [-0.2, 0) is 5.54 Å². The zero-order chi connectivity index (χ0) is 12.6. The molecule has 0 radical (unpaired) electrons. The maximum atomic E-state index is 13.2. The summed E-state index contributed by atoms with van der Waals surface area (Å²) in [7, 11) is 0. The van der Waals surface area contributed by atoms with E-state index in [0.29, 0.717) is 0 Å². The number of furan rings is 1. The van der Waals surface area contributed by atoms with Crippen LogP contribution in [0, 0.1) is 5.82 Å². The molecule has 2 aromatic rings. The average Bonchev–Trinajstić information content (AvgIpc) is 2.95. The van der Waals surface area contributed by atoms with E-state index in [1.165, 1.54) is 18.6 Å². The highest BCUT2D eigenvalue weighted by Gasteiger charge is 2.37. The Bertz CT molecular complexity index is 555. The minimum atomic E-state index is -0.209. The van der Waals surface area contributed by atoms with Crippen molar-refractivity contribution in [3.05, 3.63) is 35.8 Å². The summed E-state index contributed by atoms with van der Waals surface area (Å²) in [5.41, 5.74) is 0.736. The Kier molecular flexibility index (Phi) is 2.86. The van der Waals surface area contributed by atoms with Crippen LogP contribution in [0.5, 0.6) is 0 Å². The quantitative estimate of drug-likeness (QED) is 0.888. The van der Waals surface area contributed by atoms with Gasteiger partial charge in [0.15, 0.2) is 0 Å². The van der Waals surface area contributed by atoms with Crippen molar-refractivity contribution < 1.29 is 8.81 Å². The lowest BCUT2D eigenvalue weighted by Crippen LogP contribution is -2.36. The normalized spacial score (nSPS) is 23.9. The molecule has 96 valence electrons. The highest BCUT2D eigenvalue weighted by molar-refractivity contribution is 5.78. The molecule has 1 aromatic heterocycles. The van der Waals surface area contributed by atoms with Crippen LogP contribution in [0.4, 0.5) is 4.39 Å². The summed E-state index contributed by atoms with van der Waals surface area (Å²) < 4.78 is 19.1. The third-order valence-electron chi connectivity index (χ3n) is 3.87. The molecule has 0 bridgehead atoms. The van der Waals surface area contributed by atoms with Crippen LogP contribution in [-0.4, -0.2) is 6.54 Å². The first-order chi connectivity index (χ1) is 8.73. The fourth-order valence-corrected chi connectivity index (χ4v) is 3.03. The van der Waals surface area contributed by atoms with Gasteiger partial charge in [-0.1, -0.05) is 13.3 Å². The zero-order valence-corrected chi connectivity index (χ0v) is 10.6. The second-order valence-electron chi connectivity index (χ2n) is 5.16. The Labute approximate surface area is 106 Å². The number of hydrogen-bond donors (Lipinski definition) is 1. The lowest BCUT2D eigenvalue weighted by atomic mass is 9.89. The smallest absolute Gasteiger partial charge is 0.134 e. The van der Waals surface area contributed by atoms with Gasteiger partial charge in [0.2, 0.25) is 0 Å². The van der Waals surface area contributed by atoms with Gasteiger partial charge in [-0.2, -0.15) is 0 Å². The van der Waals surface area contributed by atoms with E-state index in [0.717, 1.165) is 42.5 Å². The second kappa shape index (κ2) is 4.39. The second-order valence-corrected chi connectivity index (χ2v) is 5.16. The van der Waals surface area contributed by atoms with Gasteiger partial charge in [0.05, 0.1) is 5.54 Å². The Morgan fingerprint density at radius 2 is 2.28 bits per heavy atom. The van der Waals surface area contributed by atoms with Gasteiger partial charge < -0.3 is 9.73 Å². The minimum Gasteiger partial charge on any atom is -0.459 e. The molecular weight excluding hydrogens is 229 g/mol. The van der Waals surface area contributed by atoms with Gasteiger partial charge in [0.25, 0.3) is 0 Å². The molecule has 1 aromatic carbocycles. The molecule has 1 fully saturated rings. The van der Waals surface area contributed by atoms with E-state index in [2.05, 4.69) is 12.2 Å². The fourth-order valence-electron chi connectivity index (χ4n) is 3.03. The van der Waals surface area contributed by atoms with E-state index >= 15 is 0 Å². The Hall–Kier alpha value is -1.35. The third-order valence-corrected chi connectivity index (χ3v) is 3.87. The summed E-state index contributed by atoms with van der Waals surface area (Å²) in [5.74, 6) is 0.751. The molecule has 0 aliphatic carbocycles. The molecule has 1 saturated heterocycles. The maximum absolute atomic E-state index is 13.2. The van der Waals surface area contributed by atoms with Crippen LogP contribution in [0.15, 0.2) is 28.7 Å². The molecule has 0 spiro atoms. The van der Waals surface area contributed by atoms with E-state index in [4.69, 9.17) is 4.42 Å². The highest BCUT2D eigenvalue weighted by Crippen LogP contribution is 2.38. The van der Waals surface area contributed by atoms with Crippen molar-refractivity contribution in [2.45, 2.75) is 38.1 Å². The average molecular weight is 247 g/mol. The summed E-state index contributed by atoms with van der Waals surface area (Å²) >= 11 is 0. The lowest BCUT2D eigenvalue weighted by molar-refractivity contribution is 0.292. The molecule has 0 saturated carbocycles. The molecule has 2 nitrogen and oxygen atoms in total. The Balaban J connectivity index is 2.06. The van der Waals surface area contributed by atoms with Crippen molar-refractivity contribution >= 4 is 11.0 Å². The van der Waals surface area contributed by atoms with Crippen LogP contribution in [0.2, 0.25) is 0 Å². The molecule has 1 atom stereocenters.